The van der Waals surface area contributed by atoms with Crippen molar-refractivity contribution in [3.8, 4) is 0 Å². The van der Waals surface area contributed by atoms with E-state index >= 15 is 0 Å². The van der Waals surface area contributed by atoms with Crippen molar-refractivity contribution in [2.45, 2.75) is 33.4 Å². The van der Waals surface area contributed by atoms with Gasteiger partial charge >= 0.3 is 0 Å². The molecule has 20 heavy (non-hydrogen) atoms. The maximum absolute atomic E-state index is 13.2. The van der Waals surface area contributed by atoms with Gasteiger partial charge in [0.2, 0.25) is 0 Å². The molecule has 1 N–H and O–H groups in total. The van der Waals surface area contributed by atoms with Crippen LogP contribution in [-0.4, -0.2) is 0 Å². The second-order valence-electron chi connectivity index (χ2n) is 5.27. The van der Waals surface area contributed by atoms with Gasteiger partial charge in [-0.05, 0) is 44.0 Å². The number of hydrogen-bond acceptors (Lipinski definition) is 1. The van der Waals surface area contributed by atoms with Crippen molar-refractivity contribution in [2.75, 3.05) is 0 Å². The molecule has 0 saturated carbocycles. The molecule has 0 radical (unpaired) electrons. The molecule has 0 spiro atoms. The van der Waals surface area contributed by atoms with E-state index in [1.54, 1.807) is 6.07 Å². The van der Waals surface area contributed by atoms with Gasteiger partial charge in [-0.15, -0.1) is 0 Å². The van der Waals surface area contributed by atoms with Crippen molar-refractivity contribution in [3.63, 3.8) is 0 Å². The first-order valence-electron chi connectivity index (χ1n) is 6.71. The average molecular weight is 275 g/mol. The summed E-state index contributed by atoms with van der Waals surface area (Å²) in [7, 11) is 0. The molecular weight excluding hydrogens is 256 g/mol. The predicted octanol–water partition coefficient (Wildman–Crippen LogP) is 4.43. The molecule has 0 aliphatic rings. The van der Waals surface area contributed by atoms with Crippen molar-refractivity contribution < 1.29 is 8.78 Å². The summed E-state index contributed by atoms with van der Waals surface area (Å²) in [6, 6.07) is 10.4. The minimum Gasteiger partial charge on any atom is -0.306 e. The average Bonchev–Trinajstić information content (AvgIpc) is 2.38. The van der Waals surface area contributed by atoms with E-state index in [0.29, 0.717) is 6.54 Å². The fourth-order valence-corrected chi connectivity index (χ4v) is 2.34. The Morgan fingerprint density at radius 2 is 1.60 bits per heavy atom. The molecule has 2 rings (SSSR count). The molecule has 2 aromatic carbocycles. The van der Waals surface area contributed by atoms with Gasteiger partial charge in [-0.3, -0.25) is 0 Å². The van der Waals surface area contributed by atoms with Crippen LogP contribution in [0.1, 0.15) is 35.2 Å². The first kappa shape index (κ1) is 14.7. The lowest BCUT2D eigenvalue weighted by Gasteiger charge is -2.15. The van der Waals surface area contributed by atoms with E-state index < -0.39 is 11.6 Å². The Labute approximate surface area is 118 Å². The fourth-order valence-electron chi connectivity index (χ4n) is 2.34. The van der Waals surface area contributed by atoms with Gasteiger partial charge < -0.3 is 5.32 Å². The maximum atomic E-state index is 13.2. The Balaban J connectivity index is 2.04. The summed E-state index contributed by atoms with van der Waals surface area (Å²) in [6.45, 7) is 6.77. The molecule has 0 bridgehead atoms. The van der Waals surface area contributed by atoms with Gasteiger partial charge in [-0.1, -0.05) is 35.4 Å². The maximum Gasteiger partial charge on any atom is 0.159 e. The van der Waals surface area contributed by atoms with Gasteiger partial charge in [0.25, 0.3) is 0 Å². The lowest BCUT2D eigenvalue weighted by molar-refractivity contribution is 0.500. The van der Waals surface area contributed by atoms with E-state index in [4.69, 9.17) is 0 Å². The van der Waals surface area contributed by atoms with Crippen molar-refractivity contribution in [2.24, 2.45) is 0 Å². The Bertz CT molecular complexity index is 588. The fraction of sp³-hybridized carbons (Fsp3) is 0.294. The van der Waals surface area contributed by atoms with Crippen LogP contribution >= 0.6 is 0 Å². The molecule has 0 saturated heterocycles. The Morgan fingerprint density at radius 1 is 0.950 bits per heavy atom. The van der Waals surface area contributed by atoms with Gasteiger partial charge in [0.05, 0.1) is 0 Å². The lowest BCUT2D eigenvalue weighted by atomic mass is 10.1. The van der Waals surface area contributed by atoms with E-state index in [0.717, 1.165) is 5.56 Å². The zero-order valence-electron chi connectivity index (χ0n) is 12.0. The second-order valence-corrected chi connectivity index (χ2v) is 5.27. The molecule has 1 nitrogen and oxygen atoms in total. The molecule has 3 heteroatoms. The summed E-state index contributed by atoms with van der Waals surface area (Å²) in [4.78, 5) is 0. The summed E-state index contributed by atoms with van der Waals surface area (Å²) >= 11 is 0. The van der Waals surface area contributed by atoms with Gasteiger partial charge in [0.15, 0.2) is 11.6 Å². The first-order chi connectivity index (χ1) is 9.45. The minimum atomic E-state index is -0.810. The van der Waals surface area contributed by atoms with Crippen molar-refractivity contribution in [1.29, 1.82) is 0 Å². The summed E-state index contributed by atoms with van der Waals surface area (Å²) in [5.41, 5.74) is 4.38. The Hall–Kier alpha value is -1.74. The smallest absolute Gasteiger partial charge is 0.159 e. The normalized spacial score (nSPS) is 12.4. The van der Waals surface area contributed by atoms with Crippen LogP contribution in [0.5, 0.6) is 0 Å². The highest BCUT2D eigenvalue weighted by Crippen LogP contribution is 2.17. The molecule has 0 heterocycles. The van der Waals surface area contributed by atoms with Crippen molar-refractivity contribution in [1.82, 2.24) is 5.32 Å². The van der Waals surface area contributed by atoms with Crippen LogP contribution in [-0.2, 0) is 6.54 Å². The van der Waals surface area contributed by atoms with Gasteiger partial charge in [-0.2, -0.15) is 0 Å². The number of hydrogen-bond donors (Lipinski definition) is 1. The van der Waals surface area contributed by atoms with Crippen molar-refractivity contribution in [3.05, 3.63) is 70.3 Å². The third-order valence-electron chi connectivity index (χ3n) is 3.34. The van der Waals surface area contributed by atoms with Crippen LogP contribution in [0.2, 0.25) is 0 Å². The first-order valence-corrected chi connectivity index (χ1v) is 6.71. The zero-order valence-corrected chi connectivity index (χ0v) is 12.0. The van der Waals surface area contributed by atoms with Gasteiger partial charge in [-0.25, -0.2) is 8.78 Å². The van der Waals surface area contributed by atoms with E-state index in [9.17, 15) is 8.78 Å². The van der Waals surface area contributed by atoms with E-state index in [2.05, 4.69) is 37.4 Å². The molecule has 0 aliphatic carbocycles. The highest BCUT2D eigenvalue weighted by molar-refractivity contribution is 5.28. The molecule has 2 aromatic rings. The molecule has 0 amide bonds. The number of nitrogens with one attached hydrogen (secondary N) is 1. The summed E-state index contributed by atoms with van der Waals surface area (Å²) in [5, 5.41) is 3.33. The lowest BCUT2D eigenvalue weighted by Crippen LogP contribution is -2.18. The third-order valence-corrected chi connectivity index (χ3v) is 3.34. The quantitative estimate of drug-likeness (QED) is 0.870. The highest BCUT2D eigenvalue weighted by Gasteiger charge is 2.09. The van der Waals surface area contributed by atoms with E-state index in [-0.39, 0.29) is 6.04 Å². The standard InChI is InChI=1S/C17H19F2N/c1-11-6-12(2)8-14(7-11)10-20-13(3)15-4-5-16(18)17(19)9-15/h4-9,13,20H,10H2,1-3H3. The predicted molar refractivity (Wildman–Crippen MR) is 77.5 cm³/mol. The molecular formula is C17H19F2N. The minimum absolute atomic E-state index is 0.0362. The number of rotatable bonds is 4. The molecule has 1 unspecified atom stereocenters. The SMILES string of the molecule is Cc1cc(C)cc(CNC(C)c2ccc(F)c(F)c2)c1. The molecule has 0 fully saturated rings. The second kappa shape index (κ2) is 6.14. The summed E-state index contributed by atoms with van der Waals surface area (Å²) in [6.07, 6.45) is 0. The largest absolute Gasteiger partial charge is 0.306 e. The molecule has 0 aromatic heterocycles. The van der Waals surface area contributed by atoms with Gasteiger partial charge in [0.1, 0.15) is 0 Å². The third kappa shape index (κ3) is 3.64. The zero-order chi connectivity index (χ0) is 14.7. The van der Waals surface area contributed by atoms with E-state index in [1.807, 2.05) is 6.92 Å². The van der Waals surface area contributed by atoms with Crippen LogP contribution in [0, 0.1) is 25.5 Å². The molecule has 0 aliphatic heterocycles. The topological polar surface area (TPSA) is 12.0 Å². The van der Waals surface area contributed by atoms with Crippen LogP contribution in [0.3, 0.4) is 0 Å². The number of benzene rings is 2. The number of aryl methyl sites for hydroxylation is 2. The number of halogens is 2. The summed E-state index contributed by atoms with van der Waals surface area (Å²) < 4.78 is 26.1. The van der Waals surface area contributed by atoms with Crippen LogP contribution in [0.25, 0.3) is 0 Å². The summed E-state index contributed by atoms with van der Waals surface area (Å²) in [5.74, 6) is -1.61. The van der Waals surface area contributed by atoms with Crippen LogP contribution in [0.4, 0.5) is 8.78 Å². The molecule has 106 valence electrons. The van der Waals surface area contributed by atoms with Crippen molar-refractivity contribution >= 4 is 0 Å². The van der Waals surface area contributed by atoms with Crippen LogP contribution < -0.4 is 5.32 Å². The Kier molecular flexibility index (Phi) is 4.50. The van der Waals surface area contributed by atoms with E-state index in [1.165, 1.54) is 28.8 Å². The monoisotopic (exact) mass is 275 g/mol. The van der Waals surface area contributed by atoms with Crippen LogP contribution in [0.15, 0.2) is 36.4 Å². The molecule has 1 atom stereocenters. The Morgan fingerprint density at radius 3 is 2.20 bits per heavy atom. The highest BCUT2D eigenvalue weighted by atomic mass is 19.2. The van der Waals surface area contributed by atoms with Gasteiger partial charge in [0, 0.05) is 12.6 Å².